The Hall–Kier alpha value is -1.18. The Morgan fingerprint density at radius 1 is 0.808 bits per heavy atom. The second-order valence-electron chi connectivity index (χ2n) is 8.92. The molecule has 3 rings (SSSR count). The maximum absolute atomic E-state index is 6.00. The average Bonchev–Trinajstić information content (AvgIpc) is 2.67. The van der Waals surface area contributed by atoms with Gasteiger partial charge >= 0.3 is 0 Å². The molecule has 2 unspecified atom stereocenters. The second-order valence-corrected chi connectivity index (χ2v) is 8.92. The molecule has 2 heteroatoms. The maximum atomic E-state index is 6.00. The summed E-state index contributed by atoms with van der Waals surface area (Å²) in [6.07, 6.45) is 13.6. The van der Waals surface area contributed by atoms with Gasteiger partial charge < -0.3 is 9.47 Å². The fourth-order valence-corrected chi connectivity index (χ4v) is 4.70. The lowest BCUT2D eigenvalue weighted by Crippen LogP contribution is -2.18. The number of benzene rings is 1. The average molecular weight is 359 g/mol. The molecule has 1 aromatic rings. The minimum Gasteiger partial charge on any atom is -0.494 e. The van der Waals surface area contributed by atoms with Crippen molar-refractivity contribution in [2.24, 2.45) is 23.7 Å². The standard InChI is InChI=1S/C24H38O2/c1-19-9-11-21(12-10-19)18-26-24-15-13-23(14-16-24)25-17-5-8-22-7-4-3-6-20(22)2/h13-16,19-22H,3-12,17-18H2,1-2H3. The van der Waals surface area contributed by atoms with Crippen LogP contribution in [0, 0.1) is 23.7 Å². The molecule has 0 spiro atoms. The molecule has 2 fully saturated rings. The van der Waals surface area contributed by atoms with Crippen LogP contribution in [0.1, 0.15) is 78.1 Å². The molecule has 2 aliphatic carbocycles. The molecule has 2 aliphatic rings. The minimum absolute atomic E-state index is 0.740. The molecule has 2 nitrogen and oxygen atoms in total. The predicted molar refractivity (Wildman–Crippen MR) is 109 cm³/mol. The van der Waals surface area contributed by atoms with Crippen molar-refractivity contribution in [3.8, 4) is 11.5 Å². The summed E-state index contributed by atoms with van der Waals surface area (Å²) in [7, 11) is 0. The molecule has 146 valence electrons. The van der Waals surface area contributed by atoms with E-state index in [1.54, 1.807) is 0 Å². The molecule has 0 saturated heterocycles. The smallest absolute Gasteiger partial charge is 0.119 e. The summed E-state index contributed by atoms with van der Waals surface area (Å²) >= 11 is 0. The normalized spacial score (nSPS) is 29.3. The molecule has 1 aromatic carbocycles. The van der Waals surface area contributed by atoms with Crippen LogP contribution in [-0.4, -0.2) is 13.2 Å². The van der Waals surface area contributed by atoms with E-state index in [4.69, 9.17) is 9.47 Å². The van der Waals surface area contributed by atoms with Crippen LogP contribution in [0.25, 0.3) is 0 Å². The first-order valence-corrected chi connectivity index (χ1v) is 11.1. The van der Waals surface area contributed by atoms with Gasteiger partial charge in [0.15, 0.2) is 0 Å². The highest BCUT2D eigenvalue weighted by Gasteiger charge is 2.20. The number of ether oxygens (including phenoxy) is 2. The molecular weight excluding hydrogens is 320 g/mol. The molecule has 0 bridgehead atoms. The fourth-order valence-electron chi connectivity index (χ4n) is 4.70. The van der Waals surface area contributed by atoms with Gasteiger partial charge in [-0.05, 0) is 73.6 Å². The molecular formula is C24H38O2. The zero-order valence-corrected chi connectivity index (χ0v) is 16.9. The molecule has 0 amide bonds. The van der Waals surface area contributed by atoms with Crippen molar-refractivity contribution in [1.29, 1.82) is 0 Å². The van der Waals surface area contributed by atoms with Crippen LogP contribution in [0.15, 0.2) is 24.3 Å². The molecule has 26 heavy (non-hydrogen) atoms. The first kappa shape index (κ1) is 19.6. The summed E-state index contributed by atoms with van der Waals surface area (Å²) in [4.78, 5) is 0. The van der Waals surface area contributed by atoms with Crippen molar-refractivity contribution in [3.63, 3.8) is 0 Å². The van der Waals surface area contributed by atoms with Gasteiger partial charge in [0.05, 0.1) is 13.2 Å². The highest BCUT2D eigenvalue weighted by molar-refractivity contribution is 5.31. The van der Waals surface area contributed by atoms with Crippen LogP contribution in [0.4, 0.5) is 0 Å². The molecule has 2 atom stereocenters. The van der Waals surface area contributed by atoms with Crippen molar-refractivity contribution in [3.05, 3.63) is 24.3 Å². The highest BCUT2D eigenvalue weighted by atomic mass is 16.5. The number of hydrogen-bond acceptors (Lipinski definition) is 2. The molecule has 0 heterocycles. The Labute approximate surface area is 160 Å². The van der Waals surface area contributed by atoms with Crippen molar-refractivity contribution in [1.82, 2.24) is 0 Å². The number of hydrogen-bond donors (Lipinski definition) is 0. The van der Waals surface area contributed by atoms with Crippen molar-refractivity contribution >= 4 is 0 Å². The second kappa shape index (κ2) is 10.2. The molecule has 2 saturated carbocycles. The van der Waals surface area contributed by atoms with Crippen LogP contribution in [0.2, 0.25) is 0 Å². The maximum Gasteiger partial charge on any atom is 0.119 e. The van der Waals surface area contributed by atoms with Gasteiger partial charge in [-0.1, -0.05) is 52.4 Å². The van der Waals surface area contributed by atoms with Gasteiger partial charge in [-0.15, -0.1) is 0 Å². The first-order chi connectivity index (χ1) is 12.7. The Morgan fingerprint density at radius 2 is 1.46 bits per heavy atom. The fraction of sp³-hybridized carbons (Fsp3) is 0.750. The quantitative estimate of drug-likeness (QED) is 0.472. The molecule has 0 N–H and O–H groups in total. The summed E-state index contributed by atoms with van der Waals surface area (Å²) in [5.74, 6) is 5.43. The Balaban J connectivity index is 1.31. The highest BCUT2D eigenvalue weighted by Crippen LogP contribution is 2.33. The summed E-state index contributed by atoms with van der Waals surface area (Å²) in [5, 5.41) is 0. The summed E-state index contributed by atoms with van der Waals surface area (Å²) in [6.45, 7) is 6.50. The van der Waals surface area contributed by atoms with Crippen LogP contribution in [0.3, 0.4) is 0 Å². The lowest BCUT2D eigenvalue weighted by Gasteiger charge is -2.28. The van der Waals surface area contributed by atoms with Gasteiger partial charge in [0.2, 0.25) is 0 Å². The molecule has 0 aromatic heterocycles. The lowest BCUT2D eigenvalue weighted by atomic mass is 9.78. The largest absolute Gasteiger partial charge is 0.494 e. The van der Waals surface area contributed by atoms with Crippen molar-refractivity contribution < 1.29 is 9.47 Å². The molecule has 0 aliphatic heterocycles. The van der Waals surface area contributed by atoms with E-state index in [2.05, 4.69) is 38.1 Å². The third kappa shape index (κ3) is 6.21. The zero-order chi connectivity index (χ0) is 18.2. The van der Waals surface area contributed by atoms with E-state index in [0.29, 0.717) is 0 Å². The first-order valence-electron chi connectivity index (χ1n) is 11.1. The van der Waals surface area contributed by atoms with Crippen LogP contribution in [0.5, 0.6) is 11.5 Å². The van der Waals surface area contributed by atoms with Gasteiger partial charge in [-0.25, -0.2) is 0 Å². The lowest BCUT2D eigenvalue weighted by molar-refractivity contribution is 0.188. The third-order valence-electron chi connectivity index (χ3n) is 6.72. The third-order valence-corrected chi connectivity index (χ3v) is 6.72. The van der Waals surface area contributed by atoms with Gasteiger partial charge in [0.25, 0.3) is 0 Å². The molecule has 0 radical (unpaired) electrons. The Bertz CT molecular complexity index is 501. The van der Waals surface area contributed by atoms with Gasteiger partial charge in [-0.2, -0.15) is 0 Å². The Morgan fingerprint density at radius 3 is 2.15 bits per heavy atom. The summed E-state index contributed by atoms with van der Waals surface area (Å²) < 4.78 is 11.9. The van der Waals surface area contributed by atoms with E-state index in [1.165, 1.54) is 64.2 Å². The van der Waals surface area contributed by atoms with Gasteiger partial charge in [0.1, 0.15) is 11.5 Å². The van der Waals surface area contributed by atoms with Crippen LogP contribution >= 0.6 is 0 Å². The van der Waals surface area contributed by atoms with E-state index in [0.717, 1.165) is 48.4 Å². The Kier molecular flexibility index (Phi) is 7.70. The van der Waals surface area contributed by atoms with E-state index in [9.17, 15) is 0 Å². The van der Waals surface area contributed by atoms with Gasteiger partial charge in [0, 0.05) is 0 Å². The summed E-state index contributed by atoms with van der Waals surface area (Å²) in [5.41, 5.74) is 0. The van der Waals surface area contributed by atoms with Crippen molar-refractivity contribution in [2.45, 2.75) is 78.1 Å². The van der Waals surface area contributed by atoms with E-state index in [-0.39, 0.29) is 0 Å². The minimum atomic E-state index is 0.740. The topological polar surface area (TPSA) is 18.5 Å². The van der Waals surface area contributed by atoms with E-state index in [1.807, 2.05) is 0 Å². The zero-order valence-electron chi connectivity index (χ0n) is 16.9. The van der Waals surface area contributed by atoms with Crippen LogP contribution in [-0.2, 0) is 0 Å². The van der Waals surface area contributed by atoms with E-state index < -0.39 is 0 Å². The SMILES string of the molecule is CC1CCC(COc2ccc(OCCCC3CCCCC3C)cc2)CC1. The predicted octanol–water partition coefficient (Wildman–Crippen LogP) is 6.88. The summed E-state index contributed by atoms with van der Waals surface area (Å²) in [6, 6.07) is 8.23. The van der Waals surface area contributed by atoms with Crippen LogP contribution < -0.4 is 9.47 Å². The monoisotopic (exact) mass is 358 g/mol. The van der Waals surface area contributed by atoms with Gasteiger partial charge in [-0.3, -0.25) is 0 Å². The van der Waals surface area contributed by atoms with Crippen molar-refractivity contribution in [2.75, 3.05) is 13.2 Å². The van der Waals surface area contributed by atoms with E-state index >= 15 is 0 Å². The number of rotatable bonds is 8.